The summed E-state index contributed by atoms with van der Waals surface area (Å²) in [4.78, 5) is 51.4. The van der Waals surface area contributed by atoms with E-state index in [0.29, 0.717) is 19.7 Å². The van der Waals surface area contributed by atoms with Crippen molar-refractivity contribution in [2.75, 3.05) is 59.5 Å². The molecule has 1 atom stereocenters. The van der Waals surface area contributed by atoms with Gasteiger partial charge in [0.1, 0.15) is 13.1 Å². The van der Waals surface area contributed by atoms with Crippen LogP contribution in [0.2, 0.25) is 0 Å². The lowest BCUT2D eigenvalue weighted by Gasteiger charge is -2.31. The van der Waals surface area contributed by atoms with Crippen molar-refractivity contribution in [2.24, 2.45) is 0 Å². The van der Waals surface area contributed by atoms with E-state index in [2.05, 4.69) is 4.90 Å². The number of likely N-dealkylation sites (N-methyl/N-ethyl adjacent to an activating group) is 1. The zero-order valence-electron chi connectivity index (χ0n) is 16.4. The van der Waals surface area contributed by atoms with Gasteiger partial charge in [-0.05, 0) is 32.4 Å². The number of ether oxygens (including phenoxy) is 1. The number of likely N-dealkylation sites (tertiary alicyclic amines) is 1. The lowest BCUT2D eigenvalue weighted by molar-refractivity contribution is -0.137. The first kappa shape index (κ1) is 22.1. The summed E-state index contributed by atoms with van der Waals surface area (Å²) < 4.78 is 5.92. The second-order valence-electron chi connectivity index (χ2n) is 7.27. The molecule has 3 saturated heterocycles. The molecule has 158 valence electrons. The number of piperidine rings is 1. The SMILES string of the molecule is CN1CC(=O)N(CC(=O)N2CCCOC(CN3CCCCC3)C2)C1=O.O=CO. The number of imide groups is 1. The van der Waals surface area contributed by atoms with Crippen LogP contribution < -0.4 is 0 Å². The summed E-state index contributed by atoms with van der Waals surface area (Å²) >= 11 is 0. The van der Waals surface area contributed by atoms with Crippen LogP contribution in [0.5, 0.6) is 0 Å². The topological polar surface area (TPSA) is 111 Å². The Morgan fingerprint density at radius 1 is 1.18 bits per heavy atom. The molecule has 0 aromatic heterocycles. The van der Waals surface area contributed by atoms with Crippen LogP contribution in [0.4, 0.5) is 4.79 Å². The molecule has 0 spiro atoms. The minimum atomic E-state index is -0.394. The second-order valence-corrected chi connectivity index (χ2v) is 7.27. The van der Waals surface area contributed by atoms with Gasteiger partial charge in [-0.25, -0.2) is 4.79 Å². The third-order valence-electron chi connectivity index (χ3n) is 5.14. The molecule has 0 radical (unpaired) electrons. The Labute approximate surface area is 165 Å². The van der Waals surface area contributed by atoms with E-state index in [4.69, 9.17) is 14.6 Å². The quantitative estimate of drug-likeness (QED) is 0.511. The summed E-state index contributed by atoms with van der Waals surface area (Å²) in [5, 5.41) is 6.89. The smallest absolute Gasteiger partial charge is 0.327 e. The Balaban J connectivity index is 0.000000878. The maximum Gasteiger partial charge on any atom is 0.327 e. The standard InChI is InChI=1S/C17H28N4O4.CH2O2/c1-18-12-16(23)21(17(18)24)13-15(22)20-8-5-9-25-14(11-20)10-19-6-3-2-4-7-19;2-1-3/h14H,2-13H2,1H3;1H,(H,2,3). The normalized spacial score (nSPS) is 23.9. The van der Waals surface area contributed by atoms with E-state index in [1.54, 1.807) is 11.9 Å². The highest BCUT2D eigenvalue weighted by atomic mass is 16.5. The molecule has 3 aliphatic heterocycles. The van der Waals surface area contributed by atoms with Crippen LogP contribution in [-0.2, 0) is 19.1 Å². The second kappa shape index (κ2) is 11.0. The van der Waals surface area contributed by atoms with Crippen LogP contribution in [0.3, 0.4) is 0 Å². The first-order chi connectivity index (χ1) is 13.5. The minimum Gasteiger partial charge on any atom is -0.483 e. The Morgan fingerprint density at radius 3 is 2.46 bits per heavy atom. The van der Waals surface area contributed by atoms with E-state index in [1.807, 2.05) is 0 Å². The van der Waals surface area contributed by atoms with E-state index in [0.717, 1.165) is 31.0 Å². The Bertz CT molecular complexity index is 566. The summed E-state index contributed by atoms with van der Waals surface area (Å²) in [6, 6.07) is -0.394. The number of carbonyl (C=O) groups excluding carboxylic acids is 3. The van der Waals surface area contributed by atoms with Crippen LogP contribution in [-0.4, -0.2) is 115 Å². The van der Waals surface area contributed by atoms with Crippen molar-refractivity contribution >= 4 is 24.3 Å². The molecule has 3 fully saturated rings. The van der Waals surface area contributed by atoms with Gasteiger partial charge in [0.15, 0.2) is 0 Å². The minimum absolute atomic E-state index is 0.00259. The fourth-order valence-corrected chi connectivity index (χ4v) is 3.72. The Kier molecular flexibility index (Phi) is 8.65. The fraction of sp³-hybridized carbons (Fsp3) is 0.778. The van der Waals surface area contributed by atoms with Crippen LogP contribution in [0, 0.1) is 0 Å². The number of hydrogen-bond donors (Lipinski definition) is 1. The monoisotopic (exact) mass is 398 g/mol. The van der Waals surface area contributed by atoms with Gasteiger partial charge in [-0.3, -0.25) is 19.3 Å². The van der Waals surface area contributed by atoms with Crippen LogP contribution in [0.1, 0.15) is 25.7 Å². The van der Waals surface area contributed by atoms with E-state index >= 15 is 0 Å². The number of nitrogens with zero attached hydrogens (tertiary/aromatic N) is 4. The summed E-state index contributed by atoms with van der Waals surface area (Å²) in [7, 11) is 1.57. The van der Waals surface area contributed by atoms with Crippen molar-refractivity contribution in [3.8, 4) is 0 Å². The van der Waals surface area contributed by atoms with E-state index < -0.39 is 6.03 Å². The summed E-state index contributed by atoms with van der Waals surface area (Å²) in [6.07, 6.45) is 4.52. The van der Waals surface area contributed by atoms with Crippen molar-refractivity contribution < 1.29 is 29.0 Å². The average Bonchev–Trinajstić information content (AvgIpc) is 2.85. The first-order valence-electron chi connectivity index (χ1n) is 9.71. The van der Waals surface area contributed by atoms with Crippen molar-refractivity contribution in [3.63, 3.8) is 0 Å². The zero-order chi connectivity index (χ0) is 20.5. The van der Waals surface area contributed by atoms with Gasteiger partial charge in [0, 0.05) is 33.3 Å². The number of carbonyl (C=O) groups is 4. The number of carboxylic acid groups (broad SMARTS) is 1. The predicted molar refractivity (Wildman–Crippen MR) is 99.7 cm³/mol. The lowest BCUT2D eigenvalue weighted by Crippen LogP contribution is -2.47. The molecule has 3 heterocycles. The van der Waals surface area contributed by atoms with Gasteiger partial charge >= 0.3 is 6.03 Å². The molecule has 4 amide bonds. The Morgan fingerprint density at radius 2 is 1.86 bits per heavy atom. The maximum atomic E-state index is 12.6. The van der Waals surface area contributed by atoms with Gasteiger partial charge in [0.2, 0.25) is 5.91 Å². The lowest BCUT2D eigenvalue weighted by atomic mass is 10.1. The molecule has 10 heteroatoms. The molecule has 10 nitrogen and oxygen atoms in total. The third kappa shape index (κ3) is 6.16. The van der Waals surface area contributed by atoms with E-state index in [-0.39, 0.29) is 37.5 Å². The molecule has 1 unspecified atom stereocenters. The molecule has 3 aliphatic rings. The summed E-state index contributed by atoms with van der Waals surface area (Å²) in [6.45, 7) is 4.45. The molecule has 3 rings (SSSR count). The van der Waals surface area contributed by atoms with Gasteiger partial charge < -0.3 is 24.5 Å². The third-order valence-corrected chi connectivity index (χ3v) is 5.14. The first-order valence-corrected chi connectivity index (χ1v) is 9.71. The summed E-state index contributed by atoms with van der Waals surface area (Å²) in [5.74, 6) is -0.483. The summed E-state index contributed by atoms with van der Waals surface area (Å²) in [5.41, 5.74) is 0. The van der Waals surface area contributed by atoms with E-state index in [9.17, 15) is 14.4 Å². The molecule has 28 heavy (non-hydrogen) atoms. The maximum absolute atomic E-state index is 12.6. The van der Waals surface area contributed by atoms with Crippen molar-refractivity contribution in [1.29, 1.82) is 0 Å². The molecule has 0 aliphatic carbocycles. The van der Waals surface area contributed by atoms with Crippen molar-refractivity contribution in [3.05, 3.63) is 0 Å². The predicted octanol–water partition coefficient (Wildman–Crippen LogP) is -0.315. The van der Waals surface area contributed by atoms with Crippen LogP contribution in [0.15, 0.2) is 0 Å². The molecule has 0 saturated carbocycles. The average molecular weight is 398 g/mol. The molecule has 0 aromatic rings. The highest BCUT2D eigenvalue weighted by Crippen LogP contribution is 2.14. The van der Waals surface area contributed by atoms with Crippen molar-refractivity contribution in [2.45, 2.75) is 31.8 Å². The molecular formula is C18H30N4O6. The van der Waals surface area contributed by atoms with Gasteiger partial charge in [-0.1, -0.05) is 6.42 Å². The zero-order valence-corrected chi connectivity index (χ0v) is 16.4. The molecular weight excluding hydrogens is 368 g/mol. The molecule has 1 N–H and O–H groups in total. The van der Waals surface area contributed by atoms with Crippen molar-refractivity contribution in [1.82, 2.24) is 19.6 Å². The van der Waals surface area contributed by atoms with Crippen LogP contribution in [0.25, 0.3) is 0 Å². The van der Waals surface area contributed by atoms with E-state index in [1.165, 1.54) is 24.2 Å². The fourth-order valence-electron chi connectivity index (χ4n) is 3.72. The molecule has 0 bridgehead atoms. The van der Waals surface area contributed by atoms with Crippen LogP contribution >= 0.6 is 0 Å². The van der Waals surface area contributed by atoms with Gasteiger partial charge in [-0.15, -0.1) is 0 Å². The number of rotatable bonds is 4. The molecule has 0 aromatic carbocycles. The van der Waals surface area contributed by atoms with Gasteiger partial charge in [-0.2, -0.15) is 0 Å². The largest absolute Gasteiger partial charge is 0.483 e. The van der Waals surface area contributed by atoms with Gasteiger partial charge in [0.05, 0.1) is 6.10 Å². The number of hydrogen-bond acceptors (Lipinski definition) is 6. The highest BCUT2D eigenvalue weighted by Gasteiger charge is 2.36. The Hall–Kier alpha value is -2.20. The number of amides is 4. The number of urea groups is 1. The highest BCUT2D eigenvalue weighted by molar-refractivity contribution is 6.04. The van der Waals surface area contributed by atoms with Gasteiger partial charge in [0.25, 0.3) is 12.4 Å².